The Labute approximate surface area is 135 Å². The summed E-state index contributed by atoms with van der Waals surface area (Å²) in [4.78, 5) is 4.15. The van der Waals surface area contributed by atoms with E-state index in [9.17, 15) is 4.39 Å². The maximum Gasteiger partial charge on any atom is 0.191 e. The molecular formula is C16H22FN5O. The SMILES string of the molecule is CN=C(NCc1ccnn1C)NCC(C)Oc1ccccc1F. The predicted molar refractivity (Wildman–Crippen MR) is 87.9 cm³/mol. The highest BCUT2D eigenvalue weighted by Gasteiger charge is 2.09. The van der Waals surface area contributed by atoms with Gasteiger partial charge in [0.1, 0.15) is 6.10 Å². The highest BCUT2D eigenvalue weighted by molar-refractivity contribution is 5.79. The summed E-state index contributed by atoms with van der Waals surface area (Å²) in [7, 11) is 3.58. The number of halogens is 1. The quantitative estimate of drug-likeness (QED) is 0.628. The first-order valence-electron chi connectivity index (χ1n) is 7.42. The molecule has 1 heterocycles. The highest BCUT2D eigenvalue weighted by atomic mass is 19.1. The number of rotatable bonds is 6. The lowest BCUT2D eigenvalue weighted by atomic mass is 10.3. The van der Waals surface area contributed by atoms with E-state index in [2.05, 4.69) is 20.7 Å². The Hall–Kier alpha value is -2.57. The van der Waals surface area contributed by atoms with Crippen molar-refractivity contribution < 1.29 is 9.13 Å². The fraction of sp³-hybridized carbons (Fsp3) is 0.375. The van der Waals surface area contributed by atoms with Crippen molar-refractivity contribution in [2.24, 2.45) is 12.0 Å². The van der Waals surface area contributed by atoms with Gasteiger partial charge in [-0.1, -0.05) is 12.1 Å². The Morgan fingerprint density at radius 2 is 2.13 bits per heavy atom. The van der Waals surface area contributed by atoms with Crippen LogP contribution in [0.5, 0.6) is 5.75 Å². The van der Waals surface area contributed by atoms with Gasteiger partial charge in [0.05, 0.1) is 18.8 Å². The van der Waals surface area contributed by atoms with E-state index < -0.39 is 0 Å². The third-order valence-electron chi connectivity index (χ3n) is 3.30. The molecule has 0 saturated heterocycles. The molecule has 2 aromatic rings. The number of benzene rings is 1. The van der Waals surface area contributed by atoms with Gasteiger partial charge in [-0.05, 0) is 25.1 Å². The molecule has 1 aromatic heterocycles. The molecule has 2 rings (SSSR count). The molecule has 0 spiro atoms. The number of ether oxygens (including phenoxy) is 1. The van der Waals surface area contributed by atoms with Gasteiger partial charge in [-0.25, -0.2) is 4.39 Å². The molecule has 124 valence electrons. The van der Waals surface area contributed by atoms with Crippen LogP contribution in [-0.2, 0) is 13.6 Å². The van der Waals surface area contributed by atoms with Crippen LogP contribution in [0.4, 0.5) is 4.39 Å². The summed E-state index contributed by atoms with van der Waals surface area (Å²) in [5.41, 5.74) is 1.05. The molecule has 7 heteroatoms. The monoisotopic (exact) mass is 319 g/mol. The molecule has 0 saturated carbocycles. The van der Waals surface area contributed by atoms with Crippen LogP contribution < -0.4 is 15.4 Å². The fourth-order valence-electron chi connectivity index (χ4n) is 2.01. The molecule has 0 bridgehead atoms. The van der Waals surface area contributed by atoms with Gasteiger partial charge in [0, 0.05) is 20.3 Å². The molecule has 1 aromatic carbocycles. The summed E-state index contributed by atoms with van der Waals surface area (Å²) in [6, 6.07) is 8.30. The van der Waals surface area contributed by atoms with Crippen LogP contribution in [-0.4, -0.2) is 35.4 Å². The van der Waals surface area contributed by atoms with Gasteiger partial charge in [-0.2, -0.15) is 5.10 Å². The average molecular weight is 319 g/mol. The highest BCUT2D eigenvalue weighted by Crippen LogP contribution is 2.16. The van der Waals surface area contributed by atoms with Crippen molar-refractivity contribution in [3.05, 3.63) is 48.0 Å². The third-order valence-corrected chi connectivity index (χ3v) is 3.30. The summed E-state index contributed by atoms with van der Waals surface area (Å²) in [6.45, 7) is 2.98. The van der Waals surface area contributed by atoms with Gasteiger partial charge < -0.3 is 15.4 Å². The Bertz CT molecular complexity index is 655. The lowest BCUT2D eigenvalue weighted by molar-refractivity contribution is 0.214. The molecule has 2 N–H and O–H groups in total. The summed E-state index contributed by atoms with van der Waals surface area (Å²) in [5.74, 6) is 0.535. The largest absolute Gasteiger partial charge is 0.486 e. The van der Waals surface area contributed by atoms with Crippen molar-refractivity contribution in [1.82, 2.24) is 20.4 Å². The van der Waals surface area contributed by atoms with Crippen LogP contribution in [0.1, 0.15) is 12.6 Å². The van der Waals surface area contributed by atoms with Crippen LogP contribution in [0.25, 0.3) is 0 Å². The molecule has 0 aliphatic heterocycles. The normalized spacial score (nSPS) is 12.8. The number of nitrogens with zero attached hydrogens (tertiary/aromatic N) is 3. The van der Waals surface area contributed by atoms with Crippen molar-refractivity contribution >= 4 is 5.96 Å². The second kappa shape index (κ2) is 8.17. The number of para-hydroxylation sites is 1. The Balaban J connectivity index is 1.79. The van der Waals surface area contributed by atoms with Gasteiger partial charge >= 0.3 is 0 Å². The zero-order valence-corrected chi connectivity index (χ0v) is 13.6. The Morgan fingerprint density at radius 3 is 2.78 bits per heavy atom. The summed E-state index contributed by atoms with van der Waals surface area (Å²) in [6.07, 6.45) is 1.54. The van der Waals surface area contributed by atoms with E-state index in [0.29, 0.717) is 19.0 Å². The van der Waals surface area contributed by atoms with Crippen LogP contribution >= 0.6 is 0 Å². The third kappa shape index (κ3) is 4.98. The lowest BCUT2D eigenvalue weighted by Gasteiger charge is -2.18. The number of aromatic nitrogens is 2. The number of hydrogen-bond donors (Lipinski definition) is 2. The van der Waals surface area contributed by atoms with E-state index in [1.807, 2.05) is 20.0 Å². The van der Waals surface area contributed by atoms with Crippen molar-refractivity contribution in [1.29, 1.82) is 0 Å². The average Bonchev–Trinajstić information content (AvgIpc) is 2.95. The first kappa shape index (κ1) is 16.8. The van der Waals surface area contributed by atoms with E-state index in [-0.39, 0.29) is 17.7 Å². The van der Waals surface area contributed by atoms with Gasteiger partial charge in [0.2, 0.25) is 0 Å². The number of aryl methyl sites for hydroxylation is 1. The zero-order chi connectivity index (χ0) is 16.7. The Morgan fingerprint density at radius 1 is 1.35 bits per heavy atom. The second-order valence-electron chi connectivity index (χ2n) is 5.11. The predicted octanol–water partition coefficient (Wildman–Crippen LogP) is 1.69. The van der Waals surface area contributed by atoms with Crippen molar-refractivity contribution in [2.45, 2.75) is 19.6 Å². The fourth-order valence-corrected chi connectivity index (χ4v) is 2.01. The summed E-state index contributed by atoms with van der Waals surface area (Å²) in [5, 5.41) is 10.5. The van der Waals surface area contributed by atoms with E-state index in [4.69, 9.17) is 4.74 Å². The molecule has 1 atom stereocenters. The lowest BCUT2D eigenvalue weighted by Crippen LogP contribution is -2.41. The van der Waals surface area contributed by atoms with Crippen molar-refractivity contribution in [3.8, 4) is 5.75 Å². The van der Waals surface area contributed by atoms with Gasteiger partial charge in [-0.15, -0.1) is 0 Å². The van der Waals surface area contributed by atoms with Gasteiger partial charge in [-0.3, -0.25) is 9.67 Å². The minimum Gasteiger partial charge on any atom is -0.486 e. The van der Waals surface area contributed by atoms with Crippen LogP contribution in [0.15, 0.2) is 41.5 Å². The molecule has 0 aliphatic carbocycles. The van der Waals surface area contributed by atoms with E-state index in [0.717, 1.165) is 5.69 Å². The first-order chi connectivity index (χ1) is 11.1. The van der Waals surface area contributed by atoms with Crippen molar-refractivity contribution in [2.75, 3.05) is 13.6 Å². The number of nitrogens with one attached hydrogen (secondary N) is 2. The van der Waals surface area contributed by atoms with Crippen LogP contribution in [0, 0.1) is 5.82 Å². The molecule has 0 amide bonds. The van der Waals surface area contributed by atoms with Gasteiger partial charge in [0.25, 0.3) is 0 Å². The molecule has 0 fully saturated rings. The standard InChI is InChI=1S/C16H22FN5O/c1-12(23-15-7-5-4-6-14(15)17)10-19-16(18-2)20-11-13-8-9-21-22(13)3/h4-9,12H,10-11H2,1-3H3,(H2,18,19,20). The van der Waals surface area contributed by atoms with E-state index >= 15 is 0 Å². The molecule has 0 aliphatic rings. The Kier molecular flexibility index (Phi) is 5.96. The molecule has 0 radical (unpaired) electrons. The molecule has 1 unspecified atom stereocenters. The zero-order valence-electron chi connectivity index (χ0n) is 13.6. The second-order valence-corrected chi connectivity index (χ2v) is 5.11. The number of aliphatic imine (C=N–C) groups is 1. The topological polar surface area (TPSA) is 63.5 Å². The molecule has 6 nitrogen and oxygen atoms in total. The molecular weight excluding hydrogens is 297 g/mol. The maximum absolute atomic E-state index is 13.5. The summed E-state index contributed by atoms with van der Waals surface area (Å²) >= 11 is 0. The van der Waals surface area contributed by atoms with Crippen LogP contribution in [0.3, 0.4) is 0 Å². The van der Waals surface area contributed by atoms with Crippen molar-refractivity contribution in [3.63, 3.8) is 0 Å². The van der Waals surface area contributed by atoms with Gasteiger partial charge in [0.15, 0.2) is 17.5 Å². The smallest absolute Gasteiger partial charge is 0.191 e. The van der Waals surface area contributed by atoms with E-state index in [1.54, 1.807) is 36.1 Å². The maximum atomic E-state index is 13.5. The first-order valence-corrected chi connectivity index (χ1v) is 7.42. The summed E-state index contributed by atoms with van der Waals surface area (Å²) < 4.78 is 20.9. The van der Waals surface area contributed by atoms with Crippen LogP contribution in [0.2, 0.25) is 0 Å². The molecule has 23 heavy (non-hydrogen) atoms. The number of guanidine groups is 1. The minimum atomic E-state index is -0.363. The minimum absolute atomic E-state index is 0.206. The number of hydrogen-bond acceptors (Lipinski definition) is 3. The van der Waals surface area contributed by atoms with E-state index in [1.165, 1.54) is 6.07 Å².